The number of thiazole rings is 1. The largest absolute Gasteiger partial charge is 0.493 e. The van der Waals surface area contributed by atoms with Gasteiger partial charge in [-0.15, -0.1) is 11.3 Å². The van der Waals surface area contributed by atoms with Gasteiger partial charge in [-0.1, -0.05) is 23.5 Å². The van der Waals surface area contributed by atoms with Crippen molar-refractivity contribution in [2.24, 2.45) is 4.99 Å². The van der Waals surface area contributed by atoms with E-state index < -0.39 is 12.0 Å². The van der Waals surface area contributed by atoms with Gasteiger partial charge in [-0.25, -0.2) is 9.79 Å². The van der Waals surface area contributed by atoms with E-state index in [0.717, 1.165) is 20.7 Å². The second-order valence-corrected chi connectivity index (χ2v) is 9.78. The van der Waals surface area contributed by atoms with E-state index >= 15 is 0 Å². The summed E-state index contributed by atoms with van der Waals surface area (Å²) in [6.07, 6.45) is 1.83. The summed E-state index contributed by atoms with van der Waals surface area (Å²) in [5.41, 5.74) is 1.64. The van der Waals surface area contributed by atoms with Crippen molar-refractivity contribution in [3.8, 4) is 5.75 Å². The Labute approximate surface area is 201 Å². The molecule has 0 aliphatic carbocycles. The molecular weight excluding hydrogens is 512 g/mol. The summed E-state index contributed by atoms with van der Waals surface area (Å²) in [6, 6.07) is 8.96. The van der Waals surface area contributed by atoms with Crippen LogP contribution in [0.25, 0.3) is 6.08 Å². The number of aromatic nitrogens is 1. The van der Waals surface area contributed by atoms with Crippen LogP contribution in [0.2, 0.25) is 0 Å². The number of esters is 1. The molecule has 6 nitrogen and oxygen atoms in total. The van der Waals surface area contributed by atoms with Crippen molar-refractivity contribution < 1.29 is 14.3 Å². The Morgan fingerprint density at radius 3 is 2.75 bits per heavy atom. The molecule has 0 spiro atoms. The molecule has 0 saturated carbocycles. The van der Waals surface area contributed by atoms with Gasteiger partial charge in [0.05, 0.1) is 33.5 Å². The predicted molar refractivity (Wildman–Crippen MR) is 130 cm³/mol. The van der Waals surface area contributed by atoms with E-state index in [1.807, 2.05) is 48.7 Å². The Balaban J connectivity index is 1.87. The molecule has 0 bridgehead atoms. The molecule has 1 aliphatic rings. The molecule has 0 saturated heterocycles. The molecule has 0 unspecified atom stereocenters. The molecule has 0 radical (unpaired) electrons. The molecule has 0 N–H and O–H groups in total. The van der Waals surface area contributed by atoms with Crippen LogP contribution in [-0.2, 0) is 9.53 Å². The van der Waals surface area contributed by atoms with E-state index in [4.69, 9.17) is 9.47 Å². The summed E-state index contributed by atoms with van der Waals surface area (Å²) in [7, 11) is 0. The Hall–Kier alpha value is -2.49. The van der Waals surface area contributed by atoms with Crippen molar-refractivity contribution in [2.75, 3.05) is 13.2 Å². The highest BCUT2D eigenvalue weighted by Gasteiger charge is 2.33. The minimum atomic E-state index is -0.556. The smallest absolute Gasteiger partial charge is 0.338 e. The minimum absolute atomic E-state index is 0.188. The molecule has 0 fully saturated rings. The molecule has 166 valence electrons. The van der Waals surface area contributed by atoms with Crippen molar-refractivity contribution in [2.45, 2.75) is 26.8 Å². The monoisotopic (exact) mass is 532 g/mol. The SMILES string of the molecule is CCOC(=O)C1=C(C)N=c2s/c(=C\c3ccc(OCC)c(Br)c3)c(=O)n2[C@H]1c1cccs1. The fourth-order valence-corrected chi connectivity index (χ4v) is 5.92. The van der Waals surface area contributed by atoms with Crippen LogP contribution < -0.4 is 19.6 Å². The Bertz CT molecular complexity index is 1370. The maximum atomic E-state index is 13.5. The molecule has 9 heteroatoms. The van der Waals surface area contributed by atoms with Gasteiger partial charge in [0, 0.05) is 4.88 Å². The molecule has 3 heterocycles. The standard InChI is InChI=1S/C23H21BrN2O4S2/c1-4-29-16-9-8-14(11-15(16)24)12-18-21(27)26-20(17-7-6-10-31-17)19(22(28)30-5-2)13(3)25-23(26)32-18/h6-12,20H,4-5H2,1-3H3/b18-12-/t20-/m0/s1. The van der Waals surface area contributed by atoms with E-state index in [1.165, 1.54) is 22.7 Å². The predicted octanol–water partition coefficient (Wildman–Crippen LogP) is 4.02. The number of rotatable bonds is 6. The molecule has 32 heavy (non-hydrogen) atoms. The number of ether oxygens (including phenoxy) is 2. The molecule has 1 aromatic carbocycles. The maximum Gasteiger partial charge on any atom is 0.338 e. The van der Waals surface area contributed by atoms with Gasteiger partial charge in [0.25, 0.3) is 5.56 Å². The van der Waals surface area contributed by atoms with Crippen LogP contribution >= 0.6 is 38.6 Å². The first kappa shape index (κ1) is 22.7. The molecular formula is C23H21BrN2O4S2. The zero-order chi connectivity index (χ0) is 22.8. The maximum absolute atomic E-state index is 13.5. The Morgan fingerprint density at radius 1 is 1.28 bits per heavy atom. The van der Waals surface area contributed by atoms with Gasteiger partial charge in [-0.3, -0.25) is 9.36 Å². The van der Waals surface area contributed by atoms with Crippen LogP contribution in [0.3, 0.4) is 0 Å². The molecule has 1 aliphatic heterocycles. The number of carbonyl (C=O) groups is 1. The third-order valence-electron chi connectivity index (χ3n) is 4.88. The van der Waals surface area contributed by atoms with Gasteiger partial charge in [-0.2, -0.15) is 0 Å². The fraction of sp³-hybridized carbons (Fsp3) is 0.261. The molecule has 4 rings (SSSR count). The van der Waals surface area contributed by atoms with Crippen LogP contribution in [0, 0.1) is 0 Å². The third kappa shape index (κ3) is 4.24. The number of carbonyl (C=O) groups excluding carboxylic acids is 1. The number of hydrogen-bond acceptors (Lipinski definition) is 7. The lowest BCUT2D eigenvalue weighted by Gasteiger charge is -2.23. The van der Waals surface area contributed by atoms with Crippen LogP contribution in [0.15, 0.2) is 61.2 Å². The van der Waals surface area contributed by atoms with Crippen molar-refractivity contribution in [1.82, 2.24) is 4.57 Å². The van der Waals surface area contributed by atoms with Gasteiger partial charge in [-0.05, 0) is 71.9 Å². The molecule has 0 amide bonds. The van der Waals surface area contributed by atoms with Gasteiger partial charge in [0.2, 0.25) is 0 Å². The zero-order valence-electron chi connectivity index (χ0n) is 17.8. The molecule has 1 atom stereocenters. The van der Waals surface area contributed by atoms with Crippen LogP contribution in [0.1, 0.15) is 37.3 Å². The van der Waals surface area contributed by atoms with Crippen molar-refractivity contribution in [3.63, 3.8) is 0 Å². The zero-order valence-corrected chi connectivity index (χ0v) is 21.0. The average Bonchev–Trinajstić information content (AvgIpc) is 3.38. The Morgan fingerprint density at radius 2 is 2.09 bits per heavy atom. The van der Waals surface area contributed by atoms with E-state index in [0.29, 0.717) is 27.2 Å². The highest BCUT2D eigenvalue weighted by molar-refractivity contribution is 9.10. The highest BCUT2D eigenvalue weighted by atomic mass is 79.9. The summed E-state index contributed by atoms with van der Waals surface area (Å²) in [4.78, 5) is 32.3. The van der Waals surface area contributed by atoms with Crippen LogP contribution in [0.4, 0.5) is 0 Å². The van der Waals surface area contributed by atoms with Gasteiger partial charge >= 0.3 is 5.97 Å². The first-order chi connectivity index (χ1) is 15.4. The lowest BCUT2D eigenvalue weighted by molar-refractivity contribution is -0.139. The van der Waals surface area contributed by atoms with Gasteiger partial charge < -0.3 is 9.47 Å². The first-order valence-corrected chi connectivity index (χ1v) is 12.6. The fourth-order valence-electron chi connectivity index (χ4n) is 3.54. The summed E-state index contributed by atoms with van der Waals surface area (Å²) < 4.78 is 13.8. The van der Waals surface area contributed by atoms with Crippen LogP contribution in [0.5, 0.6) is 5.75 Å². The average molecular weight is 533 g/mol. The van der Waals surface area contributed by atoms with E-state index in [-0.39, 0.29) is 12.2 Å². The summed E-state index contributed by atoms with van der Waals surface area (Å²) in [5, 5.41) is 1.93. The first-order valence-electron chi connectivity index (χ1n) is 10.1. The number of hydrogen-bond donors (Lipinski definition) is 0. The molecule has 2 aromatic heterocycles. The van der Waals surface area contributed by atoms with E-state index in [1.54, 1.807) is 18.4 Å². The number of halogens is 1. The van der Waals surface area contributed by atoms with Crippen molar-refractivity contribution in [1.29, 1.82) is 0 Å². The number of thiophene rings is 1. The van der Waals surface area contributed by atoms with E-state index in [9.17, 15) is 9.59 Å². The molecule has 3 aromatic rings. The third-order valence-corrected chi connectivity index (χ3v) is 7.41. The van der Waals surface area contributed by atoms with E-state index in [2.05, 4.69) is 20.9 Å². The quantitative estimate of drug-likeness (QED) is 0.449. The number of fused-ring (bicyclic) bond motifs is 1. The second kappa shape index (κ2) is 9.56. The lowest BCUT2D eigenvalue weighted by Crippen LogP contribution is -2.39. The minimum Gasteiger partial charge on any atom is -0.493 e. The normalized spacial score (nSPS) is 16.0. The van der Waals surface area contributed by atoms with Crippen LogP contribution in [-0.4, -0.2) is 23.8 Å². The lowest BCUT2D eigenvalue weighted by atomic mass is 10.0. The summed E-state index contributed by atoms with van der Waals surface area (Å²) in [6.45, 7) is 6.30. The Kier molecular flexibility index (Phi) is 6.78. The second-order valence-electron chi connectivity index (χ2n) is 6.94. The summed E-state index contributed by atoms with van der Waals surface area (Å²) in [5.74, 6) is 0.301. The van der Waals surface area contributed by atoms with Crippen molar-refractivity contribution >= 4 is 50.6 Å². The number of nitrogens with zero attached hydrogens (tertiary/aromatic N) is 2. The topological polar surface area (TPSA) is 69.9 Å². The van der Waals surface area contributed by atoms with Crippen molar-refractivity contribution in [3.05, 3.63) is 81.6 Å². The van der Waals surface area contributed by atoms with Gasteiger partial charge in [0.1, 0.15) is 11.8 Å². The summed E-state index contributed by atoms with van der Waals surface area (Å²) >= 11 is 6.32. The highest BCUT2D eigenvalue weighted by Crippen LogP contribution is 2.33. The van der Waals surface area contributed by atoms with Gasteiger partial charge in [0.15, 0.2) is 4.80 Å². The number of allylic oxidation sites excluding steroid dienone is 1. The number of benzene rings is 1.